The number of amides is 1. The molecule has 0 aromatic carbocycles. The van der Waals surface area contributed by atoms with Crippen LogP contribution in [0.4, 0.5) is 0 Å². The van der Waals surface area contributed by atoms with E-state index >= 15 is 0 Å². The van der Waals surface area contributed by atoms with Crippen molar-refractivity contribution < 1.29 is 9.90 Å². The van der Waals surface area contributed by atoms with Gasteiger partial charge in [0.05, 0.1) is 24.0 Å². The molecule has 1 aliphatic carbocycles. The van der Waals surface area contributed by atoms with Crippen LogP contribution in [0.2, 0.25) is 0 Å². The predicted molar refractivity (Wildman–Crippen MR) is 77.1 cm³/mol. The lowest BCUT2D eigenvalue weighted by atomic mass is 9.86. The summed E-state index contributed by atoms with van der Waals surface area (Å²) in [4.78, 5) is 12.1. The quantitative estimate of drug-likeness (QED) is 0.790. The third-order valence-corrected chi connectivity index (χ3v) is 3.87. The molecule has 1 fully saturated rings. The van der Waals surface area contributed by atoms with Gasteiger partial charge in [0.2, 0.25) is 5.91 Å². The number of aromatic amines is 1. The predicted octanol–water partition coefficient (Wildman–Crippen LogP) is 1.87. The molecule has 5 heteroatoms. The van der Waals surface area contributed by atoms with Crippen LogP contribution >= 0.6 is 0 Å². The van der Waals surface area contributed by atoms with Gasteiger partial charge in [0.1, 0.15) is 0 Å². The van der Waals surface area contributed by atoms with Crippen molar-refractivity contribution in [2.45, 2.75) is 64.5 Å². The smallest absolute Gasteiger partial charge is 0.223 e. The summed E-state index contributed by atoms with van der Waals surface area (Å²) in [6.07, 6.45) is 2.89. The fourth-order valence-electron chi connectivity index (χ4n) is 2.57. The first-order valence-corrected chi connectivity index (χ1v) is 7.37. The van der Waals surface area contributed by atoms with E-state index in [1.54, 1.807) is 0 Å². The van der Waals surface area contributed by atoms with E-state index in [1.807, 2.05) is 6.07 Å². The summed E-state index contributed by atoms with van der Waals surface area (Å²) in [7, 11) is 0. The molecule has 0 bridgehead atoms. The molecule has 0 saturated heterocycles. The zero-order valence-electron chi connectivity index (χ0n) is 12.6. The zero-order chi connectivity index (χ0) is 14.8. The van der Waals surface area contributed by atoms with Gasteiger partial charge in [0, 0.05) is 11.3 Å². The van der Waals surface area contributed by atoms with E-state index in [-0.39, 0.29) is 23.3 Å². The molecule has 5 nitrogen and oxygen atoms in total. The number of nitrogens with one attached hydrogen (secondary N) is 2. The van der Waals surface area contributed by atoms with Crippen molar-refractivity contribution in [3.05, 3.63) is 17.5 Å². The number of hydrogen-bond acceptors (Lipinski definition) is 3. The van der Waals surface area contributed by atoms with Crippen molar-refractivity contribution in [3.8, 4) is 0 Å². The van der Waals surface area contributed by atoms with Crippen molar-refractivity contribution in [1.82, 2.24) is 15.5 Å². The van der Waals surface area contributed by atoms with Crippen molar-refractivity contribution in [1.29, 1.82) is 0 Å². The molecular weight excluding hydrogens is 254 g/mol. The first-order chi connectivity index (χ1) is 9.36. The van der Waals surface area contributed by atoms with Gasteiger partial charge in [-0.25, -0.2) is 0 Å². The first-order valence-electron chi connectivity index (χ1n) is 7.37. The van der Waals surface area contributed by atoms with Gasteiger partial charge >= 0.3 is 0 Å². The highest BCUT2D eigenvalue weighted by molar-refractivity contribution is 5.78. The van der Waals surface area contributed by atoms with Gasteiger partial charge in [-0.1, -0.05) is 27.2 Å². The second-order valence-electron chi connectivity index (χ2n) is 6.76. The molecule has 1 aromatic heterocycles. The second-order valence-corrected chi connectivity index (χ2v) is 6.76. The lowest BCUT2D eigenvalue weighted by Gasteiger charge is -2.24. The van der Waals surface area contributed by atoms with E-state index in [9.17, 15) is 9.90 Å². The summed E-state index contributed by atoms with van der Waals surface area (Å²) in [6, 6.07) is 2.00. The SMILES string of the molecule is CC(C)(C)c1cc(CNC(=O)[C@@H]2CCC[C@@H](O)C2)[nH]n1. The lowest BCUT2D eigenvalue weighted by molar-refractivity contribution is -0.127. The highest BCUT2D eigenvalue weighted by Crippen LogP contribution is 2.24. The molecule has 0 unspecified atom stereocenters. The molecule has 20 heavy (non-hydrogen) atoms. The van der Waals surface area contributed by atoms with E-state index < -0.39 is 0 Å². The molecule has 2 rings (SSSR count). The van der Waals surface area contributed by atoms with Crippen LogP contribution in [0.25, 0.3) is 0 Å². The number of aliphatic hydroxyl groups excluding tert-OH is 1. The van der Waals surface area contributed by atoms with Gasteiger partial charge < -0.3 is 10.4 Å². The second kappa shape index (κ2) is 5.95. The normalized spacial score (nSPS) is 23.6. The average Bonchev–Trinajstić information content (AvgIpc) is 2.84. The van der Waals surface area contributed by atoms with Gasteiger partial charge in [-0.3, -0.25) is 9.89 Å². The Hall–Kier alpha value is -1.36. The number of hydrogen-bond donors (Lipinski definition) is 3. The fourth-order valence-corrected chi connectivity index (χ4v) is 2.57. The summed E-state index contributed by atoms with van der Waals surface area (Å²) in [5.41, 5.74) is 1.92. The Morgan fingerprint density at radius 1 is 1.50 bits per heavy atom. The van der Waals surface area contributed by atoms with E-state index in [1.165, 1.54) is 0 Å². The van der Waals surface area contributed by atoms with Crippen molar-refractivity contribution in [2.24, 2.45) is 5.92 Å². The first kappa shape index (κ1) is 15.0. The maximum atomic E-state index is 12.1. The Balaban J connectivity index is 1.85. The zero-order valence-corrected chi connectivity index (χ0v) is 12.6. The van der Waals surface area contributed by atoms with Gasteiger partial charge in [0.15, 0.2) is 0 Å². The largest absolute Gasteiger partial charge is 0.393 e. The maximum Gasteiger partial charge on any atom is 0.223 e. The van der Waals surface area contributed by atoms with Gasteiger partial charge in [0.25, 0.3) is 0 Å². The number of carbonyl (C=O) groups excluding carboxylic acids is 1. The lowest BCUT2D eigenvalue weighted by Crippen LogP contribution is -2.34. The Kier molecular flexibility index (Phi) is 4.48. The van der Waals surface area contributed by atoms with Crippen LogP contribution in [0, 0.1) is 5.92 Å². The molecule has 1 aromatic rings. The number of carbonyl (C=O) groups is 1. The fraction of sp³-hybridized carbons (Fsp3) is 0.733. The molecule has 1 amide bonds. The monoisotopic (exact) mass is 279 g/mol. The Bertz CT molecular complexity index is 462. The van der Waals surface area contributed by atoms with Gasteiger partial charge in [-0.2, -0.15) is 5.10 Å². The van der Waals surface area contributed by atoms with Crippen LogP contribution in [-0.4, -0.2) is 27.3 Å². The maximum absolute atomic E-state index is 12.1. The third-order valence-electron chi connectivity index (χ3n) is 3.87. The number of nitrogens with zero attached hydrogens (tertiary/aromatic N) is 1. The average molecular weight is 279 g/mol. The van der Waals surface area contributed by atoms with E-state index in [4.69, 9.17) is 0 Å². The number of aromatic nitrogens is 2. The van der Waals surface area contributed by atoms with Crippen LogP contribution < -0.4 is 5.32 Å². The molecule has 0 spiro atoms. The van der Waals surface area contributed by atoms with Crippen molar-refractivity contribution >= 4 is 5.91 Å². The summed E-state index contributed by atoms with van der Waals surface area (Å²) < 4.78 is 0. The molecule has 2 atom stereocenters. The Labute approximate surface area is 120 Å². The van der Waals surface area contributed by atoms with Crippen LogP contribution in [0.5, 0.6) is 0 Å². The molecule has 0 aliphatic heterocycles. The molecule has 3 N–H and O–H groups in total. The molecule has 0 radical (unpaired) electrons. The standard InChI is InChI=1S/C15H25N3O2/c1-15(2,3)13-8-11(17-18-13)9-16-14(20)10-5-4-6-12(19)7-10/h8,10,12,19H,4-7,9H2,1-3H3,(H,16,20)(H,17,18)/t10-,12-/m1/s1. The minimum atomic E-state index is -0.320. The van der Waals surface area contributed by atoms with E-state index in [0.717, 1.165) is 30.7 Å². The summed E-state index contributed by atoms with van der Waals surface area (Å²) in [6.45, 7) is 6.79. The third kappa shape index (κ3) is 3.82. The summed E-state index contributed by atoms with van der Waals surface area (Å²) >= 11 is 0. The van der Waals surface area contributed by atoms with E-state index in [0.29, 0.717) is 13.0 Å². The molecular formula is C15H25N3O2. The topological polar surface area (TPSA) is 78.0 Å². The molecule has 1 aliphatic rings. The summed E-state index contributed by atoms with van der Waals surface area (Å²) in [5.74, 6) is -0.0144. The number of H-pyrrole nitrogens is 1. The molecule has 112 valence electrons. The van der Waals surface area contributed by atoms with Crippen molar-refractivity contribution in [3.63, 3.8) is 0 Å². The van der Waals surface area contributed by atoms with E-state index in [2.05, 4.69) is 36.3 Å². The minimum Gasteiger partial charge on any atom is -0.393 e. The highest BCUT2D eigenvalue weighted by Gasteiger charge is 2.26. The van der Waals surface area contributed by atoms with Crippen LogP contribution in [0.1, 0.15) is 57.8 Å². The Morgan fingerprint density at radius 2 is 2.25 bits per heavy atom. The van der Waals surface area contributed by atoms with Crippen molar-refractivity contribution in [2.75, 3.05) is 0 Å². The number of aliphatic hydroxyl groups is 1. The number of rotatable bonds is 3. The van der Waals surface area contributed by atoms with Crippen LogP contribution in [0.3, 0.4) is 0 Å². The van der Waals surface area contributed by atoms with Gasteiger partial charge in [-0.15, -0.1) is 0 Å². The molecule has 1 heterocycles. The minimum absolute atomic E-state index is 0.00619. The molecule has 1 saturated carbocycles. The summed E-state index contributed by atoms with van der Waals surface area (Å²) in [5, 5.41) is 19.8. The highest BCUT2D eigenvalue weighted by atomic mass is 16.3. The van der Waals surface area contributed by atoms with Crippen LogP contribution in [0.15, 0.2) is 6.07 Å². The Morgan fingerprint density at radius 3 is 2.85 bits per heavy atom. The van der Waals surface area contributed by atoms with Crippen LogP contribution in [-0.2, 0) is 16.8 Å². The van der Waals surface area contributed by atoms with Gasteiger partial charge in [-0.05, 0) is 25.3 Å².